The Morgan fingerprint density at radius 2 is 2.05 bits per heavy atom. The fraction of sp³-hybridized carbons (Fsp3) is 0. The standard InChI is InChI=1S/C11H7Cl2N3O2S/c12-6-3-1-2-5(8(6)13)10(18)16-11-15-7(4-19-11)9(14)17/h1-4H,(H2,14,17)(H,15,16,18). The van der Waals surface area contributed by atoms with Gasteiger partial charge in [0.2, 0.25) is 0 Å². The Labute approximate surface area is 122 Å². The van der Waals surface area contributed by atoms with E-state index in [0.717, 1.165) is 11.3 Å². The van der Waals surface area contributed by atoms with E-state index in [1.807, 2.05) is 0 Å². The van der Waals surface area contributed by atoms with Gasteiger partial charge in [0.1, 0.15) is 5.69 Å². The molecule has 2 aromatic rings. The normalized spacial score (nSPS) is 10.2. The Hall–Kier alpha value is -1.63. The van der Waals surface area contributed by atoms with Gasteiger partial charge in [-0.15, -0.1) is 11.3 Å². The lowest BCUT2D eigenvalue weighted by Gasteiger charge is -2.04. The monoisotopic (exact) mass is 315 g/mol. The summed E-state index contributed by atoms with van der Waals surface area (Å²) in [6.07, 6.45) is 0. The summed E-state index contributed by atoms with van der Waals surface area (Å²) < 4.78 is 0. The van der Waals surface area contributed by atoms with E-state index in [-0.39, 0.29) is 26.4 Å². The molecule has 1 aromatic heterocycles. The Morgan fingerprint density at radius 1 is 1.32 bits per heavy atom. The Bertz CT molecular complexity index is 657. The number of thiazole rings is 1. The molecule has 0 aliphatic heterocycles. The third kappa shape index (κ3) is 3.04. The summed E-state index contributed by atoms with van der Waals surface area (Å²) in [5, 5.41) is 4.68. The van der Waals surface area contributed by atoms with Crippen LogP contribution >= 0.6 is 34.5 Å². The van der Waals surface area contributed by atoms with Crippen molar-refractivity contribution in [2.24, 2.45) is 5.73 Å². The zero-order chi connectivity index (χ0) is 14.0. The molecule has 0 aliphatic carbocycles. The van der Waals surface area contributed by atoms with Crippen LogP contribution in [0, 0.1) is 0 Å². The number of carbonyl (C=O) groups excluding carboxylic acids is 2. The average Bonchev–Trinajstić information content (AvgIpc) is 2.81. The summed E-state index contributed by atoms with van der Waals surface area (Å²) in [4.78, 5) is 26.7. The third-order valence-corrected chi connectivity index (χ3v) is 3.75. The molecule has 0 saturated carbocycles. The van der Waals surface area contributed by atoms with E-state index in [4.69, 9.17) is 28.9 Å². The van der Waals surface area contributed by atoms with Crippen molar-refractivity contribution in [3.05, 3.63) is 44.9 Å². The summed E-state index contributed by atoms with van der Waals surface area (Å²) in [6, 6.07) is 4.72. The van der Waals surface area contributed by atoms with Crippen molar-refractivity contribution in [2.75, 3.05) is 5.32 Å². The second kappa shape index (κ2) is 5.56. The first-order valence-corrected chi connectivity index (χ1v) is 6.63. The third-order valence-electron chi connectivity index (χ3n) is 2.17. The summed E-state index contributed by atoms with van der Waals surface area (Å²) in [7, 11) is 0. The van der Waals surface area contributed by atoms with Gasteiger partial charge in [-0.2, -0.15) is 0 Å². The predicted octanol–water partition coefficient (Wildman–Crippen LogP) is 2.80. The van der Waals surface area contributed by atoms with Crippen LogP contribution in [0.2, 0.25) is 10.0 Å². The predicted molar refractivity (Wildman–Crippen MR) is 75.0 cm³/mol. The Kier molecular flexibility index (Phi) is 4.04. The molecule has 0 bridgehead atoms. The van der Waals surface area contributed by atoms with Crippen molar-refractivity contribution < 1.29 is 9.59 Å². The number of amides is 2. The van der Waals surface area contributed by atoms with Gasteiger partial charge >= 0.3 is 0 Å². The number of hydrogen-bond donors (Lipinski definition) is 2. The fourth-order valence-corrected chi connectivity index (χ4v) is 2.37. The molecule has 0 aliphatic rings. The molecule has 0 saturated heterocycles. The molecular formula is C11H7Cl2N3O2S. The van der Waals surface area contributed by atoms with Crippen molar-refractivity contribution >= 4 is 51.5 Å². The molecule has 0 radical (unpaired) electrons. The molecule has 3 N–H and O–H groups in total. The van der Waals surface area contributed by atoms with E-state index in [1.54, 1.807) is 12.1 Å². The van der Waals surface area contributed by atoms with Crippen LogP contribution in [0.1, 0.15) is 20.8 Å². The van der Waals surface area contributed by atoms with Gasteiger partial charge in [-0.25, -0.2) is 4.98 Å². The molecule has 0 atom stereocenters. The van der Waals surface area contributed by atoms with Crippen LogP contribution in [0.4, 0.5) is 5.13 Å². The molecule has 98 valence electrons. The highest BCUT2D eigenvalue weighted by Crippen LogP contribution is 2.26. The van der Waals surface area contributed by atoms with E-state index >= 15 is 0 Å². The number of benzene rings is 1. The number of primary amides is 1. The quantitative estimate of drug-likeness (QED) is 0.913. The maximum Gasteiger partial charge on any atom is 0.268 e. The van der Waals surface area contributed by atoms with Gasteiger partial charge in [-0.1, -0.05) is 29.3 Å². The molecule has 8 heteroatoms. The van der Waals surface area contributed by atoms with Crippen molar-refractivity contribution in [1.29, 1.82) is 0 Å². The summed E-state index contributed by atoms with van der Waals surface area (Å²) in [5.74, 6) is -1.12. The van der Waals surface area contributed by atoms with Crippen LogP contribution < -0.4 is 11.1 Å². The maximum absolute atomic E-state index is 12.0. The SMILES string of the molecule is NC(=O)c1csc(NC(=O)c2cccc(Cl)c2Cl)n1. The van der Waals surface area contributed by atoms with E-state index < -0.39 is 11.8 Å². The second-order valence-corrected chi connectivity index (χ2v) is 5.10. The minimum absolute atomic E-state index is 0.0949. The lowest BCUT2D eigenvalue weighted by atomic mass is 10.2. The van der Waals surface area contributed by atoms with Crippen LogP contribution in [0.5, 0.6) is 0 Å². The topological polar surface area (TPSA) is 85.1 Å². The Morgan fingerprint density at radius 3 is 2.68 bits per heavy atom. The maximum atomic E-state index is 12.0. The number of nitrogens with zero attached hydrogens (tertiary/aromatic N) is 1. The molecule has 2 rings (SSSR count). The van der Waals surface area contributed by atoms with E-state index in [1.165, 1.54) is 11.4 Å². The summed E-state index contributed by atoms with van der Waals surface area (Å²) >= 11 is 12.8. The molecule has 0 fully saturated rings. The van der Waals surface area contributed by atoms with Gasteiger partial charge in [-0.05, 0) is 12.1 Å². The van der Waals surface area contributed by atoms with Crippen LogP contribution in [0.15, 0.2) is 23.6 Å². The fourth-order valence-electron chi connectivity index (χ4n) is 1.29. The molecule has 0 unspecified atom stereocenters. The van der Waals surface area contributed by atoms with Gasteiger partial charge in [0.05, 0.1) is 15.6 Å². The molecule has 5 nitrogen and oxygen atoms in total. The summed E-state index contributed by atoms with van der Waals surface area (Å²) in [6.45, 7) is 0. The largest absolute Gasteiger partial charge is 0.364 e. The number of nitrogens with one attached hydrogen (secondary N) is 1. The van der Waals surface area contributed by atoms with E-state index in [2.05, 4.69) is 10.3 Å². The molecule has 19 heavy (non-hydrogen) atoms. The van der Waals surface area contributed by atoms with Crippen LogP contribution in [-0.2, 0) is 0 Å². The lowest BCUT2D eigenvalue weighted by molar-refractivity contribution is 0.0992. The molecule has 1 heterocycles. The highest BCUT2D eigenvalue weighted by Gasteiger charge is 2.15. The lowest BCUT2D eigenvalue weighted by Crippen LogP contribution is -2.14. The molecule has 2 amide bonds. The van der Waals surface area contributed by atoms with Gasteiger partial charge < -0.3 is 5.73 Å². The number of rotatable bonds is 3. The Balaban J connectivity index is 2.21. The van der Waals surface area contributed by atoms with Gasteiger partial charge in [0, 0.05) is 5.38 Å². The zero-order valence-corrected chi connectivity index (χ0v) is 11.6. The van der Waals surface area contributed by atoms with Gasteiger partial charge in [0.25, 0.3) is 11.8 Å². The van der Waals surface area contributed by atoms with E-state index in [0.29, 0.717) is 0 Å². The zero-order valence-electron chi connectivity index (χ0n) is 9.31. The first-order valence-electron chi connectivity index (χ1n) is 4.99. The first kappa shape index (κ1) is 13.8. The van der Waals surface area contributed by atoms with Crippen molar-refractivity contribution in [1.82, 2.24) is 4.98 Å². The van der Waals surface area contributed by atoms with E-state index in [9.17, 15) is 9.59 Å². The van der Waals surface area contributed by atoms with Crippen LogP contribution in [0.25, 0.3) is 0 Å². The molecule has 0 spiro atoms. The number of aromatic nitrogens is 1. The smallest absolute Gasteiger partial charge is 0.268 e. The minimum atomic E-state index is -0.655. The van der Waals surface area contributed by atoms with Crippen LogP contribution in [-0.4, -0.2) is 16.8 Å². The molecule has 1 aromatic carbocycles. The number of anilines is 1. The van der Waals surface area contributed by atoms with Crippen molar-refractivity contribution in [3.8, 4) is 0 Å². The average molecular weight is 316 g/mol. The first-order chi connectivity index (χ1) is 8.99. The molecular weight excluding hydrogens is 309 g/mol. The van der Waals surface area contributed by atoms with Crippen LogP contribution in [0.3, 0.4) is 0 Å². The second-order valence-electron chi connectivity index (χ2n) is 3.46. The number of carbonyl (C=O) groups is 2. The number of hydrogen-bond acceptors (Lipinski definition) is 4. The highest BCUT2D eigenvalue weighted by molar-refractivity contribution is 7.14. The highest BCUT2D eigenvalue weighted by atomic mass is 35.5. The minimum Gasteiger partial charge on any atom is -0.364 e. The number of halogens is 2. The summed E-state index contributed by atoms with van der Waals surface area (Å²) in [5.41, 5.74) is 5.39. The van der Waals surface area contributed by atoms with Crippen molar-refractivity contribution in [3.63, 3.8) is 0 Å². The van der Waals surface area contributed by atoms with Gasteiger partial charge in [-0.3, -0.25) is 14.9 Å². The van der Waals surface area contributed by atoms with Crippen molar-refractivity contribution in [2.45, 2.75) is 0 Å². The van der Waals surface area contributed by atoms with Gasteiger partial charge in [0.15, 0.2) is 5.13 Å². The number of nitrogens with two attached hydrogens (primary N) is 1.